The molecule has 2 N–H and O–H groups in total. The maximum Gasteiger partial charge on any atom is 0.257 e. The van der Waals surface area contributed by atoms with E-state index in [1.165, 1.54) is 19.3 Å². The van der Waals surface area contributed by atoms with Crippen LogP contribution in [0.25, 0.3) is 0 Å². The number of amides is 1. The van der Waals surface area contributed by atoms with Gasteiger partial charge < -0.3 is 10.0 Å². The summed E-state index contributed by atoms with van der Waals surface area (Å²) in [5, 5.41) is 20.6. The second-order valence-electron chi connectivity index (χ2n) is 6.76. The van der Waals surface area contributed by atoms with Crippen LogP contribution in [0.3, 0.4) is 0 Å². The van der Waals surface area contributed by atoms with Crippen LogP contribution in [0.1, 0.15) is 65.3 Å². The van der Waals surface area contributed by atoms with Gasteiger partial charge in [-0.1, -0.05) is 19.3 Å². The second-order valence-corrected chi connectivity index (χ2v) is 6.76. The Morgan fingerprint density at radius 3 is 2.88 bits per heavy atom. The van der Waals surface area contributed by atoms with Gasteiger partial charge in [0.15, 0.2) is 0 Å². The predicted octanol–water partition coefficient (Wildman–Crippen LogP) is 1.80. The minimum Gasteiger partial charge on any atom is -0.394 e. The van der Waals surface area contributed by atoms with Crippen molar-refractivity contribution in [2.45, 2.75) is 57.7 Å². The van der Waals surface area contributed by atoms with Crippen LogP contribution >= 0.6 is 0 Å². The van der Waals surface area contributed by atoms with E-state index in [2.05, 4.69) is 15.3 Å². The van der Waals surface area contributed by atoms with Crippen LogP contribution in [0, 0.1) is 0 Å². The molecule has 0 bridgehead atoms. The van der Waals surface area contributed by atoms with Gasteiger partial charge in [0, 0.05) is 18.0 Å². The zero-order chi connectivity index (χ0) is 16.5. The zero-order valence-electron chi connectivity index (χ0n) is 13.7. The summed E-state index contributed by atoms with van der Waals surface area (Å²) in [5.41, 5.74) is 3.82. The van der Waals surface area contributed by atoms with Gasteiger partial charge in [-0.2, -0.15) is 10.2 Å². The molecular formula is C17H23N5O2. The van der Waals surface area contributed by atoms with Gasteiger partial charge in [-0.25, -0.2) is 0 Å². The highest BCUT2D eigenvalue weighted by atomic mass is 16.3. The van der Waals surface area contributed by atoms with Crippen LogP contribution in [-0.2, 0) is 19.6 Å². The van der Waals surface area contributed by atoms with Crippen molar-refractivity contribution in [3.8, 4) is 0 Å². The van der Waals surface area contributed by atoms with Gasteiger partial charge in [0.25, 0.3) is 5.91 Å². The molecule has 1 saturated carbocycles. The standard InChI is InChI=1S/C17H23N5O2/c23-7-6-22-15-11-21(10-13(15)8-19-22)17(24)14-9-18-20-16(14)12-4-2-1-3-5-12/h8-9,12,23H,1-7,10-11H2,(H,18,20). The molecule has 128 valence electrons. The van der Waals surface area contributed by atoms with Crippen molar-refractivity contribution >= 4 is 5.91 Å². The van der Waals surface area contributed by atoms with Gasteiger partial charge in [-0.05, 0) is 12.8 Å². The monoisotopic (exact) mass is 329 g/mol. The average Bonchev–Trinajstić information content (AvgIpc) is 3.32. The van der Waals surface area contributed by atoms with Gasteiger partial charge in [0.1, 0.15) is 0 Å². The molecule has 2 aromatic heterocycles. The van der Waals surface area contributed by atoms with Gasteiger partial charge in [-0.3, -0.25) is 14.6 Å². The first-order valence-corrected chi connectivity index (χ1v) is 8.75. The van der Waals surface area contributed by atoms with Crippen LogP contribution in [0.15, 0.2) is 12.4 Å². The molecule has 1 amide bonds. The molecule has 2 aliphatic rings. The normalized spacial score (nSPS) is 18.1. The maximum absolute atomic E-state index is 13.0. The Labute approximate surface area is 140 Å². The minimum absolute atomic E-state index is 0.0380. The van der Waals surface area contributed by atoms with Gasteiger partial charge in [0.05, 0.1) is 49.0 Å². The lowest BCUT2D eigenvalue weighted by Crippen LogP contribution is -2.27. The Morgan fingerprint density at radius 1 is 1.25 bits per heavy atom. The molecule has 24 heavy (non-hydrogen) atoms. The number of aliphatic hydroxyl groups excluding tert-OH is 1. The zero-order valence-corrected chi connectivity index (χ0v) is 13.7. The van der Waals surface area contributed by atoms with E-state index < -0.39 is 0 Å². The maximum atomic E-state index is 13.0. The number of hydrogen-bond acceptors (Lipinski definition) is 4. The molecular weight excluding hydrogens is 306 g/mol. The van der Waals surface area contributed by atoms with Gasteiger partial charge in [0.2, 0.25) is 0 Å². The van der Waals surface area contributed by atoms with E-state index in [1.54, 1.807) is 17.1 Å². The number of fused-ring (bicyclic) bond motifs is 1. The van der Waals surface area contributed by atoms with E-state index in [1.807, 2.05) is 4.90 Å². The molecule has 0 atom stereocenters. The Morgan fingerprint density at radius 2 is 2.08 bits per heavy atom. The van der Waals surface area contributed by atoms with E-state index in [-0.39, 0.29) is 12.5 Å². The number of aromatic nitrogens is 4. The van der Waals surface area contributed by atoms with Crippen molar-refractivity contribution < 1.29 is 9.90 Å². The number of hydrogen-bond donors (Lipinski definition) is 2. The molecule has 1 aliphatic heterocycles. The lowest BCUT2D eigenvalue weighted by molar-refractivity contribution is 0.0745. The van der Waals surface area contributed by atoms with Crippen molar-refractivity contribution in [3.05, 3.63) is 34.9 Å². The van der Waals surface area contributed by atoms with Crippen molar-refractivity contribution in [2.75, 3.05) is 6.61 Å². The Balaban J connectivity index is 1.52. The number of carbonyl (C=O) groups excluding carboxylic acids is 1. The van der Waals surface area contributed by atoms with E-state index in [0.717, 1.165) is 29.8 Å². The number of aromatic amines is 1. The number of rotatable bonds is 4. The summed E-state index contributed by atoms with van der Waals surface area (Å²) in [6.07, 6.45) is 9.48. The highest BCUT2D eigenvalue weighted by molar-refractivity contribution is 5.95. The fourth-order valence-corrected chi connectivity index (χ4v) is 3.98. The van der Waals surface area contributed by atoms with E-state index in [0.29, 0.717) is 31.1 Å². The summed E-state index contributed by atoms with van der Waals surface area (Å²) in [6, 6.07) is 0. The molecule has 1 fully saturated rings. The summed E-state index contributed by atoms with van der Waals surface area (Å²) in [5.74, 6) is 0.464. The van der Waals surface area contributed by atoms with Gasteiger partial charge >= 0.3 is 0 Å². The number of aliphatic hydroxyl groups is 1. The molecule has 0 unspecified atom stereocenters. The highest BCUT2D eigenvalue weighted by Crippen LogP contribution is 2.34. The lowest BCUT2D eigenvalue weighted by atomic mass is 9.85. The molecule has 4 rings (SSSR count). The van der Waals surface area contributed by atoms with Crippen molar-refractivity contribution in [1.82, 2.24) is 24.9 Å². The molecule has 7 heteroatoms. The van der Waals surface area contributed by atoms with Crippen LogP contribution in [0.2, 0.25) is 0 Å². The quantitative estimate of drug-likeness (QED) is 0.895. The fraction of sp³-hybridized carbons (Fsp3) is 0.588. The lowest BCUT2D eigenvalue weighted by Gasteiger charge is -2.22. The first-order valence-electron chi connectivity index (χ1n) is 8.75. The highest BCUT2D eigenvalue weighted by Gasteiger charge is 2.31. The first kappa shape index (κ1) is 15.4. The van der Waals surface area contributed by atoms with Gasteiger partial charge in [-0.15, -0.1) is 0 Å². The molecule has 1 aliphatic carbocycles. The summed E-state index contributed by atoms with van der Waals surface area (Å²) in [6.45, 7) is 1.64. The SMILES string of the molecule is O=C(c1cn[nH]c1C1CCCCC1)N1Cc2cnn(CCO)c2C1. The summed E-state index contributed by atoms with van der Waals surface area (Å²) in [7, 11) is 0. The number of carbonyl (C=O) groups is 1. The first-order chi connectivity index (χ1) is 11.8. The third kappa shape index (κ3) is 2.62. The number of nitrogens with zero attached hydrogens (tertiary/aromatic N) is 4. The predicted molar refractivity (Wildman–Crippen MR) is 87.3 cm³/mol. The minimum atomic E-state index is 0.0380. The van der Waals surface area contributed by atoms with Crippen LogP contribution in [-0.4, -0.2) is 42.5 Å². The van der Waals surface area contributed by atoms with Crippen molar-refractivity contribution in [3.63, 3.8) is 0 Å². The molecule has 0 aromatic carbocycles. The van der Waals surface area contributed by atoms with E-state index in [9.17, 15) is 4.79 Å². The summed E-state index contributed by atoms with van der Waals surface area (Å²) in [4.78, 5) is 14.8. The van der Waals surface area contributed by atoms with Crippen LogP contribution < -0.4 is 0 Å². The molecule has 0 radical (unpaired) electrons. The van der Waals surface area contributed by atoms with E-state index in [4.69, 9.17) is 5.11 Å². The Hall–Kier alpha value is -2.15. The van der Waals surface area contributed by atoms with E-state index >= 15 is 0 Å². The molecule has 0 spiro atoms. The Bertz CT molecular complexity index is 729. The average molecular weight is 329 g/mol. The fourth-order valence-electron chi connectivity index (χ4n) is 3.98. The Kier molecular flexibility index (Phi) is 4.10. The van der Waals surface area contributed by atoms with Crippen LogP contribution in [0.4, 0.5) is 0 Å². The largest absolute Gasteiger partial charge is 0.394 e. The topological polar surface area (TPSA) is 87.0 Å². The number of H-pyrrole nitrogens is 1. The molecule has 0 saturated heterocycles. The molecule has 3 heterocycles. The smallest absolute Gasteiger partial charge is 0.257 e. The number of nitrogens with one attached hydrogen (secondary N) is 1. The summed E-state index contributed by atoms with van der Waals surface area (Å²) < 4.78 is 1.79. The third-order valence-electron chi connectivity index (χ3n) is 5.25. The third-order valence-corrected chi connectivity index (χ3v) is 5.25. The van der Waals surface area contributed by atoms with Crippen molar-refractivity contribution in [1.29, 1.82) is 0 Å². The van der Waals surface area contributed by atoms with Crippen LogP contribution in [0.5, 0.6) is 0 Å². The van der Waals surface area contributed by atoms with Crippen molar-refractivity contribution in [2.24, 2.45) is 0 Å². The summed E-state index contributed by atoms with van der Waals surface area (Å²) >= 11 is 0. The second kappa shape index (κ2) is 6.39. The molecule has 2 aromatic rings. The molecule has 7 nitrogen and oxygen atoms in total.